The molecule has 160 valence electrons. The van der Waals surface area contributed by atoms with Gasteiger partial charge in [-0.25, -0.2) is 0 Å². The predicted octanol–water partition coefficient (Wildman–Crippen LogP) is 5.03. The third-order valence-corrected chi connectivity index (χ3v) is 4.83. The van der Waals surface area contributed by atoms with Gasteiger partial charge in [-0.1, -0.05) is 71.6 Å². The van der Waals surface area contributed by atoms with Crippen molar-refractivity contribution < 1.29 is 23.9 Å². The Labute approximate surface area is 167 Å². The zero-order chi connectivity index (χ0) is 20.7. The first-order valence-corrected chi connectivity index (χ1v) is 10.9. The van der Waals surface area contributed by atoms with Gasteiger partial charge >= 0.3 is 11.9 Å². The van der Waals surface area contributed by atoms with E-state index < -0.39 is 12.1 Å². The van der Waals surface area contributed by atoms with Gasteiger partial charge in [-0.15, -0.1) is 0 Å². The van der Waals surface area contributed by atoms with E-state index >= 15 is 0 Å². The summed E-state index contributed by atoms with van der Waals surface area (Å²) < 4.78 is 5.98. The van der Waals surface area contributed by atoms with Crippen molar-refractivity contribution in [2.24, 2.45) is 5.92 Å². The summed E-state index contributed by atoms with van der Waals surface area (Å²) in [6.07, 6.45) is 11.9. The van der Waals surface area contributed by atoms with Crippen molar-refractivity contribution in [1.29, 1.82) is 0 Å². The third-order valence-electron chi connectivity index (χ3n) is 4.83. The van der Waals surface area contributed by atoms with Crippen molar-refractivity contribution in [2.75, 3.05) is 27.7 Å². The standard InChI is InChI=1S/C22H43NO4/c1-6-7-14-19(2)15-12-10-8-9-11-13-16-22(26)27-20(17-21(24)25)18-23(3,4)5/h19-20H,6-18H2,1-5H3/p+1. The maximum absolute atomic E-state index is 12.0. The van der Waals surface area contributed by atoms with Crippen LogP contribution in [0, 0.1) is 5.92 Å². The first-order valence-electron chi connectivity index (χ1n) is 10.9. The van der Waals surface area contributed by atoms with Gasteiger partial charge in [0.25, 0.3) is 0 Å². The Hall–Kier alpha value is -1.10. The Balaban J connectivity index is 3.78. The van der Waals surface area contributed by atoms with Crippen molar-refractivity contribution in [3.05, 3.63) is 0 Å². The van der Waals surface area contributed by atoms with Crippen molar-refractivity contribution >= 4 is 11.9 Å². The van der Waals surface area contributed by atoms with Gasteiger partial charge in [0.2, 0.25) is 0 Å². The van der Waals surface area contributed by atoms with E-state index in [1.165, 1.54) is 44.9 Å². The van der Waals surface area contributed by atoms with E-state index in [0.29, 0.717) is 17.4 Å². The van der Waals surface area contributed by atoms with E-state index in [1.54, 1.807) is 0 Å². The van der Waals surface area contributed by atoms with E-state index in [1.807, 2.05) is 21.1 Å². The summed E-state index contributed by atoms with van der Waals surface area (Å²) in [4.78, 5) is 23.0. The molecule has 0 amide bonds. The summed E-state index contributed by atoms with van der Waals surface area (Å²) in [5, 5.41) is 8.99. The Morgan fingerprint density at radius 1 is 0.926 bits per heavy atom. The number of esters is 1. The Morgan fingerprint density at radius 2 is 1.48 bits per heavy atom. The number of nitrogens with zero attached hydrogens (tertiary/aromatic N) is 1. The fourth-order valence-corrected chi connectivity index (χ4v) is 3.36. The monoisotopic (exact) mass is 386 g/mol. The predicted molar refractivity (Wildman–Crippen MR) is 111 cm³/mol. The molecule has 0 radical (unpaired) electrons. The summed E-state index contributed by atoms with van der Waals surface area (Å²) in [5.74, 6) is -0.338. The zero-order valence-corrected chi connectivity index (χ0v) is 18.5. The van der Waals surface area contributed by atoms with Crippen molar-refractivity contribution in [1.82, 2.24) is 0 Å². The molecule has 1 N–H and O–H groups in total. The van der Waals surface area contributed by atoms with Crippen LogP contribution >= 0.6 is 0 Å². The van der Waals surface area contributed by atoms with Gasteiger partial charge in [-0.05, 0) is 12.3 Å². The molecule has 0 aromatic rings. The van der Waals surface area contributed by atoms with Crippen LogP contribution in [0.3, 0.4) is 0 Å². The molecule has 27 heavy (non-hydrogen) atoms. The molecule has 0 heterocycles. The number of unbranched alkanes of at least 4 members (excludes halogenated alkanes) is 6. The average Bonchev–Trinajstić information content (AvgIpc) is 2.53. The largest absolute Gasteiger partial charge is 0.481 e. The van der Waals surface area contributed by atoms with Crippen LogP contribution in [0.5, 0.6) is 0 Å². The second kappa shape index (κ2) is 14.9. The first-order chi connectivity index (χ1) is 12.6. The van der Waals surface area contributed by atoms with E-state index in [9.17, 15) is 9.59 Å². The van der Waals surface area contributed by atoms with Crippen LogP contribution in [0.15, 0.2) is 0 Å². The highest BCUT2D eigenvalue weighted by atomic mass is 16.5. The zero-order valence-electron chi connectivity index (χ0n) is 18.5. The molecule has 0 aliphatic carbocycles. The van der Waals surface area contributed by atoms with Crippen molar-refractivity contribution in [3.8, 4) is 0 Å². The van der Waals surface area contributed by atoms with Crippen molar-refractivity contribution in [2.45, 2.75) is 97.0 Å². The quantitative estimate of drug-likeness (QED) is 0.216. The number of ether oxygens (including phenoxy) is 1. The summed E-state index contributed by atoms with van der Waals surface area (Å²) in [6.45, 7) is 5.12. The Bertz CT molecular complexity index is 404. The smallest absolute Gasteiger partial charge is 0.307 e. The normalized spacial score (nSPS) is 14.0. The lowest BCUT2D eigenvalue weighted by Crippen LogP contribution is -2.43. The van der Waals surface area contributed by atoms with Crippen LogP contribution in [0.25, 0.3) is 0 Å². The van der Waals surface area contributed by atoms with Crippen LogP contribution in [0.1, 0.15) is 90.9 Å². The summed E-state index contributed by atoms with van der Waals surface area (Å²) in [5.41, 5.74) is 0. The summed E-state index contributed by atoms with van der Waals surface area (Å²) >= 11 is 0. The van der Waals surface area contributed by atoms with E-state index in [-0.39, 0.29) is 12.4 Å². The van der Waals surface area contributed by atoms with Gasteiger partial charge in [0.05, 0.1) is 27.6 Å². The molecule has 5 heteroatoms. The highest BCUT2D eigenvalue weighted by Gasteiger charge is 2.24. The van der Waals surface area contributed by atoms with Crippen LogP contribution in [0.4, 0.5) is 0 Å². The maximum Gasteiger partial charge on any atom is 0.307 e. The van der Waals surface area contributed by atoms with E-state index in [0.717, 1.165) is 25.2 Å². The van der Waals surface area contributed by atoms with Gasteiger partial charge in [0.15, 0.2) is 6.10 Å². The van der Waals surface area contributed by atoms with Gasteiger partial charge in [-0.2, -0.15) is 0 Å². The molecule has 0 saturated heterocycles. The fourth-order valence-electron chi connectivity index (χ4n) is 3.36. The van der Waals surface area contributed by atoms with Gasteiger partial charge in [0, 0.05) is 6.42 Å². The number of hydrogen-bond acceptors (Lipinski definition) is 3. The molecule has 0 aromatic heterocycles. The van der Waals surface area contributed by atoms with Crippen LogP contribution in [-0.2, 0) is 14.3 Å². The van der Waals surface area contributed by atoms with E-state index in [4.69, 9.17) is 9.84 Å². The fraction of sp³-hybridized carbons (Fsp3) is 0.909. The number of aliphatic carboxylic acids is 1. The number of rotatable bonds is 17. The number of likely N-dealkylation sites (N-methyl/N-ethyl adjacent to an activating group) is 1. The van der Waals surface area contributed by atoms with Crippen LogP contribution in [-0.4, -0.2) is 55.3 Å². The molecular weight excluding hydrogens is 342 g/mol. The molecule has 0 aliphatic heterocycles. The molecular formula is C22H44NO4+. The molecule has 0 saturated carbocycles. The minimum Gasteiger partial charge on any atom is -0.481 e. The topological polar surface area (TPSA) is 63.6 Å². The van der Waals surface area contributed by atoms with Gasteiger partial charge < -0.3 is 14.3 Å². The van der Waals surface area contributed by atoms with Gasteiger partial charge in [-0.3, -0.25) is 9.59 Å². The molecule has 0 bridgehead atoms. The number of quaternary nitrogens is 1. The highest BCUT2D eigenvalue weighted by Crippen LogP contribution is 2.17. The molecule has 2 unspecified atom stereocenters. The molecule has 0 aliphatic rings. The first kappa shape index (κ1) is 25.9. The number of carboxylic acid groups (broad SMARTS) is 1. The lowest BCUT2D eigenvalue weighted by molar-refractivity contribution is -0.873. The van der Waals surface area contributed by atoms with Crippen LogP contribution < -0.4 is 0 Å². The second-order valence-corrected chi connectivity index (χ2v) is 9.09. The van der Waals surface area contributed by atoms with Crippen LogP contribution in [0.2, 0.25) is 0 Å². The lowest BCUT2D eigenvalue weighted by atomic mass is 9.97. The molecule has 0 spiro atoms. The minimum absolute atomic E-state index is 0.127. The maximum atomic E-state index is 12.0. The SMILES string of the molecule is CCCCC(C)CCCCCCCCC(=O)OC(CC(=O)O)C[N+](C)(C)C. The molecule has 5 nitrogen and oxygen atoms in total. The number of carbonyl (C=O) groups excluding carboxylic acids is 1. The second-order valence-electron chi connectivity index (χ2n) is 9.09. The molecule has 0 aromatic carbocycles. The number of hydrogen-bond donors (Lipinski definition) is 1. The molecule has 0 rings (SSSR count). The Kier molecular flexibility index (Phi) is 14.3. The molecule has 2 atom stereocenters. The minimum atomic E-state index is -0.926. The van der Waals surface area contributed by atoms with Crippen molar-refractivity contribution in [3.63, 3.8) is 0 Å². The lowest BCUT2D eigenvalue weighted by Gasteiger charge is -2.28. The molecule has 0 fully saturated rings. The van der Waals surface area contributed by atoms with E-state index in [2.05, 4.69) is 13.8 Å². The Morgan fingerprint density at radius 3 is 2.04 bits per heavy atom. The summed E-state index contributed by atoms with van der Waals surface area (Å²) in [7, 11) is 5.90. The summed E-state index contributed by atoms with van der Waals surface area (Å²) in [6, 6.07) is 0. The van der Waals surface area contributed by atoms with Gasteiger partial charge in [0.1, 0.15) is 6.54 Å². The average molecular weight is 387 g/mol. The number of carbonyl (C=O) groups is 2. The third kappa shape index (κ3) is 18.0. The highest BCUT2D eigenvalue weighted by molar-refractivity contribution is 5.71. The number of carboxylic acids is 1.